The highest BCUT2D eigenvalue weighted by Gasteiger charge is 2.08. The number of methoxy groups -OCH3 is 1. The van der Waals surface area contributed by atoms with Crippen LogP contribution >= 0.6 is 0 Å². The quantitative estimate of drug-likeness (QED) is 0.867. The Labute approximate surface area is 114 Å². The Kier molecular flexibility index (Phi) is 4.58. The van der Waals surface area contributed by atoms with Crippen molar-refractivity contribution in [3.8, 4) is 5.88 Å². The molecule has 0 saturated heterocycles. The van der Waals surface area contributed by atoms with Crippen LogP contribution in [0.25, 0.3) is 0 Å². The van der Waals surface area contributed by atoms with E-state index in [2.05, 4.69) is 34.9 Å². The molecular formula is C15H21N3O. The molecule has 0 radical (unpaired) electrons. The Bertz CT molecular complexity index is 522. The van der Waals surface area contributed by atoms with Crippen LogP contribution in [-0.2, 0) is 6.54 Å². The molecule has 2 aromatic heterocycles. The van der Waals surface area contributed by atoms with E-state index in [0.717, 1.165) is 24.9 Å². The minimum Gasteiger partial charge on any atom is -0.481 e. The number of hydrogen-bond donors (Lipinski definition) is 1. The topological polar surface area (TPSA) is 53.1 Å². The molecule has 0 fully saturated rings. The second kappa shape index (κ2) is 6.38. The van der Waals surface area contributed by atoms with Crippen molar-refractivity contribution < 1.29 is 4.74 Å². The van der Waals surface area contributed by atoms with Crippen LogP contribution in [0.5, 0.6) is 5.88 Å². The van der Waals surface area contributed by atoms with E-state index in [-0.39, 0.29) is 6.04 Å². The average molecular weight is 259 g/mol. The summed E-state index contributed by atoms with van der Waals surface area (Å²) in [6, 6.07) is 6.16. The lowest BCUT2D eigenvalue weighted by Crippen LogP contribution is -2.09. The standard InChI is InChI=1S/C15H21N3O/c1-3-5-14(16)12-7-9-18(10-12)11-13-6-4-8-17-15(13)19-2/h4,6-10,14H,3,5,11,16H2,1-2H3. The number of aromatic nitrogens is 2. The van der Waals surface area contributed by atoms with Gasteiger partial charge in [0.05, 0.1) is 13.7 Å². The van der Waals surface area contributed by atoms with E-state index in [1.165, 1.54) is 5.56 Å². The molecule has 0 bridgehead atoms. The normalized spacial score (nSPS) is 12.4. The third-order valence-electron chi connectivity index (χ3n) is 3.20. The summed E-state index contributed by atoms with van der Waals surface area (Å²) in [4.78, 5) is 4.20. The molecule has 0 aliphatic rings. The number of pyridine rings is 1. The molecule has 2 heterocycles. The van der Waals surface area contributed by atoms with Gasteiger partial charge in [-0.1, -0.05) is 19.4 Å². The predicted molar refractivity (Wildman–Crippen MR) is 76.2 cm³/mol. The molecule has 0 spiro atoms. The molecule has 2 N–H and O–H groups in total. The molecule has 2 rings (SSSR count). The minimum atomic E-state index is 0.127. The van der Waals surface area contributed by atoms with Gasteiger partial charge in [0.2, 0.25) is 5.88 Å². The largest absolute Gasteiger partial charge is 0.481 e. The molecule has 1 unspecified atom stereocenters. The van der Waals surface area contributed by atoms with Crippen molar-refractivity contribution in [3.63, 3.8) is 0 Å². The lowest BCUT2D eigenvalue weighted by molar-refractivity contribution is 0.391. The molecule has 0 aromatic carbocycles. The second-order valence-corrected chi connectivity index (χ2v) is 4.68. The monoisotopic (exact) mass is 259 g/mol. The van der Waals surface area contributed by atoms with Crippen LogP contribution in [0, 0.1) is 0 Å². The van der Waals surface area contributed by atoms with Crippen molar-refractivity contribution in [3.05, 3.63) is 47.9 Å². The van der Waals surface area contributed by atoms with Gasteiger partial charge in [-0.05, 0) is 24.1 Å². The third kappa shape index (κ3) is 3.35. The zero-order valence-electron chi connectivity index (χ0n) is 11.5. The molecule has 0 aliphatic heterocycles. The van der Waals surface area contributed by atoms with E-state index in [1.807, 2.05) is 12.1 Å². The van der Waals surface area contributed by atoms with Gasteiger partial charge in [-0.25, -0.2) is 4.98 Å². The number of nitrogens with two attached hydrogens (primary N) is 1. The molecule has 2 aromatic rings. The highest BCUT2D eigenvalue weighted by Crippen LogP contribution is 2.19. The van der Waals surface area contributed by atoms with Crippen LogP contribution in [0.3, 0.4) is 0 Å². The van der Waals surface area contributed by atoms with Crippen molar-refractivity contribution in [1.82, 2.24) is 9.55 Å². The third-order valence-corrected chi connectivity index (χ3v) is 3.20. The van der Waals surface area contributed by atoms with Crippen LogP contribution in [0.1, 0.15) is 36.9 Å². The fraction of sp³-hybridized carbons (Fsp3) is 0.400. The number of hydrogen-bond acceptors (Lipinski definition) is 3. The van der Waals surface area contributed by atoms with Gasteiger partial charge in [-0.15, -0.1) is 0 Å². The minimum absolute atomic E-state index is 0.127. The van der Waals surface area contributed by atoms with Gasteiger partial charge < -0.3 is 15.0 Å². The van der Waals surface area contributed by atoms with Crippen molar-refractivity contribution in [2.45, 2.75) is 32.4 Å². The Morgan fingerprint density at radius 2 is 2.26 bits per heavy atom. The summed E-state index contributed by atoms with van der Waals surface area (Å²) in [6.07, 6.45) is 8.01. The summed E-state index contributed by atoms with van der Waals surface area (Å²) in [5.74, 6) is 0.676. The highest BCUT2D eigenvalue weighted by atomic mass is 16.5. The molecule has 102 valence electrons. The molecule has 4 nitrogen and oxygen atoms in total. The van der Waals surface area contributed by atoms with Gasteiger partial charge in [-0.3, -0.25) is 0 Å². The summed E-state index contributed by atoms with van der Waals surface area (Å²) >= 11 is 0. The summed E-state index contributed by atoms with van der Waals surface area (Å²) in [7, 11) is 1.64. The van der Waals surface area contributed by atoms with E-state index < -0.39 is 0 Å². The summed E-state index contributed by atoms with van der Waals surface area (Å²) in [6.45, 7) is 2.90. The van der Waals surface area contributed by atoms with Crippen molar-refractivity contribution in [1.29, 1.82) is 0 Å². The van der Waals surface area contributed by atoms with E-state index in [4.69, 9.17) is 10.5 Å². The highest BCUT2D eigenvalue weighted by molar-refractivity contribution is 5.26. The number of ether oxygens (including phenoxy) is 1. The first-order chi connectivity index (χ1) is 9.24. The molecular weight excluding hydrogens is 238 g/mol. The van der Waals surface area contributed by atoms with Crippen LogP contribution in [-0.4, -0.2) is 16.7 Å². The molecule has 0 aliphatic carbocycles. The summed E-state index contributed by atoms with van der Waals surface area (Å²) in [5.41, 5.74) is 8.37. The van der Waals surface area contributed by atoms with Gasteiger partial charge in [0, 0.05) is 30.2 Å². The Hall–Kier alpha value is -1.81. The van der Waals surface area contributed by atoms with Crippen molar-refractivity contribution >= 4 is 0 Å². The van der Waals surface area contributed by atoms with E-state index in [9.17, 15) is 0 Å². The number of nitrogens with zero attached hydrogens (tertiary/aromatic N) is 2. The zero-order chi connectivity index (χ0) is 13.7. The van der Waals surface area contributed by atoms with Gasteiger partial charge >= 0.3 is 0 Å². The molecule has 0 saturated carbocycles. The van der Waals surface area contributed by atoms with Crippen molar-refractivity contribution in [2.75, 3.05) is 7.11 Å². The Balaban J connectivity index is 2.11. The molecule has 19 heavy (non-hydrogen) atoms. The van der Waals surface area contributed by atoms with Crippen LogP contribution in [0.4, 0.5) is 0 Å². The maximum absolute atomic E-state index is 6.12. The summed E-state index contributed by atoms with van der Waals surface area (Å²) in [5, 5.41) is 0. The fourth-order valence-corrected chi connectivity index (χ4v) is 2.18. The SMILES string of the molecule is CCCC(N)c1ccn(Cc2cccnc2OC)c1. The van der Waals surface area contributed by atoms with Crippen LogP contribution in [0.2, 0.25) is 0 Å². The van der Waals surface area contributed by atoms with E-state index in [0.29, 0.717) is 5.88 Å². The number of rotatable bonds is 6. The zero-order valence-corrected chi connectivity index (χ0v) is 11.5. The van der Waals surface area contributed by atoms with E-state index in [1.54, 1.807) is 13.3 Å². The van der Waals surface area contributed by atoms with Crippen LogP contribution < -0.4 is 10.5 Å². The second-order valence-electron chi connectivity index (χ2n) is 4.68. The van der Waals surface area contributed by atoms with Gasteiger partial charge in [0.1, 0.15) is 0 Å². The Morgan fingerprint density at radius 3 is 3.00 bits per heavy atom. The van der Waals surface area contributed by atoms with Crippen LogP contribution in [0.15, 0.2) is 36.8 Å². The van der Waals surface area contributed by atoms with Gasteiger partial charge in [0.25, 0.3) is 0 Å². The first kappa shape index (κ1) is 13.6. The maximum Gasteiger partial charge on any atom is 0.218 e. The first-order valence-electron chi connectivity index (χ1n) is 6.63. The van der Waals surface area contributed by atoms with Gasteiger partial charge in [0.15, 0.2) is 0 Å². The van der Waals surface area contributed by atoms with Crippen molar-refractivity contribution in [2.24, 2.45) is 5.73 Å². The molecule has 0 amide bonds. The predicted octanol–water partition coefficient (Wildman–Crippen LogP) is 2.74. The lowest BCUT2D eigenvalue weighted by Gasteiger charge is -2.09. The first-order valence-corrected chi connectivity index (χ1v) is 6.63. The smallest absolute Gasteiger partial charge is 0.218 e. The Morgan fingerprint density at radius 1 is 1.42 bits per heavy atom. The maximum atomic E-state index is 6.12. The summed E-state index contributed by atoms with van der Waals surface area (Å²) < 4.78 is 7.38. The van der Waals surface area contributed by atoms with E-state index >= 15 is 0 Å². The average Bonchev–Trinajstić information content (AvgIpc) is 2.88. The molecule has 1 atom stereocenters. The lowest BCUT2D eigenvalue weighted by atomic mass is 10.1. The molecule has 4 heteroatoms. The fourth-order valence-electron chi connectivity index (χ4n) is 2.18. The van der Waals surface area contributed by atoms with Gasteiger partial charge in [-0.2, -0.15) is 0 Å².